The Bertz CT molecular complexity index is 318. The maximum Gasteiger partial charge on any atom is 0.378 e. The fourth-order valence-electron chi connectivity index (χ4n) is 0.884. The van der Waals surface area contributed by atoms with Gasteiger partial charge in [0, 0.05) is 6.04 Å². The first-order valence-electron chi connectivity index (χ1n) is 4.63. The van der Waals surface area contributed by atoms with Crippen molar-refractivity contribution >= 4 is 5.97 Å². The van der Waals surface area contributed by atoms with Crippen LogP contribution in [0.4, 0.5) is 0 Å². The summed E-state index contributed by atoms with van der Waals surface area (Å²) in [7, 11) is 0. The Balaban J connectivity index is 2.71. The van der Waals surface area contributed by atoms with Gasteiger partial charge in [0.2, 0.25) is 0 Å². The van der Waals surface area contributed by atoms with Crippen molar-refractivity contribution in [2.75, 3.05) is 0 Å². The molecule has 0 unspecified atom stereocenters. The fourth-order valence-corrected chi connectivity index (χ4v) is 0.884. The Kier molecular flexibility index (Phi) is 3.22. The van der Waals surface area contributed by atoms with Crippen molar-refractivity contribution in [1.29, 1.82) is 0 Å². The molecular weight excluding hydrogens is 182 g/mol. The lowest BCUT2D eigenvalue weighted by molar-refractivity contribution is 0.0363. The number of esters is 1. The van der Waals surface area contributed by atoms with Gasteiger partial charge >= 0.3 is 5.97 Å². The van der Waals surface area contributed by atoms with Gasteiger partial charge in [0.1, 0.15) is 6.33 Å². The van der Waals surface area contributed by atoms with Crippen molar-refractivity contribution in [1.82, 2.24) is 14.8 Å². The molecule has 1 aromatic heterocycles. The monoisotopic (exact) mass is 197 g/mol. The number of aromatic nitrogens is 3. The van der Waals surface area contributed by atoms with E-state index in [9.17, 15) is 4.79 Å². The highest BCUT2D eigenvalue weighted by atomic mass is 16.5. The van der Waals surface area contributed by atoms with E-state index >= 15 is 0 Å². The van der Waals surface area contributed by atoms with Gasteiger partial charge in [0.15, 0.2) is 0 Å². The van der Waals surface area contributed by atoms with Crippen molar-refractivity contribution in [3.63, 3.8) is 0 Å². The molecule has 0 spiro atoms. The predicted octanol–water partition coefficient (Wildman–Crippen LogP) is 1.42. The summed E-state index contributed by atoms with van der Waals surface area (Å²) in [6, 6.07) is 0.197. The molecule has 0 radical (unpaired) electrons. The molecule has 0 N–H and O–H groups in total. The number of ether oxygens (including phenoxy) is 1. The summed E-state index contributed by atoms with van der Waals surface area (Å²) < 4.78 is 6.57. The van der Waals surface area contributed by atoms with E-state index < -0.39 is 5.97 Å². The molecule has 1 rings (SSSR count). The lowest BCUT2D eigenvalue weighted by Crippen LogP contribution is -2.14. The Morgan fingerprint density at radius 2 is 2.07 bits per heavy atom. The van der Waals surface area contributed by atoms with E-state index in [1.165, 1.54) is 6.33 Å². The molecule has 14 heavy (non-hydrogen) atoms. The van der Waals surface area contributed by atoms with Gasteiger partial charge in [-0.3, -0.25) is 0 Å². The van der Waals surface area contributed by atoms with E-state index in [0.29, 0.717) is 0 Å². The lowest BCUT2D eigenvalue weighted by atomic mass is 10.4. The normalized spacial score (nSPS) is 11.0. The van der Waals surface area contributed by atoms with Crippen LogP contribution in [0.2, 0.25) is 0 Å². The van der Waals surface area contributed by atoms with E-state index in [2.05, 4.69) is 10.1 Å². The molecule has 5 nitrogen and oxygen atoms in total. The van der Waals surface area contributed by atoms with Crippen LogP contribution in [0.3, 0.4) is 0 Å². The molecule has 78 valence electrons. The molecule has 5 heteroatoms. The third-order valence-corrected chi connectivity index (χ3v) is 1.56. The molecule has 0 bridgehead atoms. The van der Waals surface area contributed by atoms with Gasteiger partial charge in [-0.15, -0.1) is 5.10 Å². The molecule has 0 aliphatic heterocycles. The first-order valence-corrected chi connectivity index (χ1v) is 4.63. The number of carbonyl (C=O) groups excluding carboxylic acids is 1. The van der Waals surface area contributed by atoms with Gasteiger partial charge in [0.25, 0.3) is 5.82 Å². The second kappa shape index (κ2) is 4.21. The second-order valence-electron chi connectivity index (χ2n) is 3.60. The Hall–Kier alpha value is -1.39. The molecule has 0 aliphatic rings. The van der Waals surface area contributed by atoms with Gasteiger partial charge < -0.3 is 4.74 Å². The molecule has 0 amide bonds. The van der Waals surface area contributed by atoms with Crippen molar-refractivity contribution in [2.45, 2.75) is 39.8 Å². The highest BCUT2D eigenvalue weighted by molar-refractivity contribution is 5.84. The molecule has 0 atom stereocenters. The average Bonchev–Trinajstić information content (AvgIpc) is 2.50. The minimum absolute atomic E-state index is 0.118. The van der Waals surface area contributed by atoms with Crippen LogP contribution in [0.1, 0.15) is 44.4 Å². The first-order chi connectivity index (χ1) is 6.50. The smallest absolute Gasteiger partial charge is 0.378 e. The lowest BCUT2D eigenvalue weighted by Gasteiger charge is -2.05. The number of rotatable bonds is 3. The van der Waals surface area contributed by atoms with E-state index in [-0.39, 0.29) is 18.0 Å². The quantitative estimate of drug-likeness (QED) is 0.688. The summed E-state index contributed by atoms with van der Waals surface area (Å²) in [5.74, 6) is -0.355. The summed E-state index contributed by atoms with van der Waals surface area (Å²) in [5.41, 5.74) is 0. The molecular formula is C9H15N3O2. The number of hydrogen-bond acceptors (Lipinski definition) is 4. The highest BCUT2D eigenvalue weighted by Gasteiger charge is 2.14. The molecule has 0 saturated carbocycles. The summed E-state index contributed by atoms with van der Waals surface area (Å²) >= 11 is 0. The zero-order valence-electron chi connectivity index (χ0n) is 8.89. The Morgan fingerprint density at radius 1 is 1.43 bits per heavy atom. The van der Waals surface area contributed by atoms with Crippen molar-refractivity contribution in [3.05, 3.63) is 12.2 Å². The number of nitrogens with zero attached hydrogens (tertiary/aromatic N) is 3. The highest BCUT2D eigenvalue weighted by Crippen LogP contribution is 2.03. The molecule has 0 fully saturated rings. The topological polar surface area (TPSA) is 57.0 Å². The van der Waals surface area contributed by atoms with E-state index in [1.807, 2.05) is 13.8 Å². The van der Waals surface area contributed by atoms with Crippen molar-refractivity contribution in [2.24, 2.45) is 0 Å². The molecule has 0 saturated heterocycles. The predicted molar refractivity (Wildman–Crippen MR) is 51.0 cm³/mol. The maximum atomic E-state index is 11.3. The van der Waals surface area contributed by atoms with E-state index in [0.717, 1.165) is 0 Å². The van der Waals surface area contributed by atoms with Gasteiger partial charge in [-0.05, 0) is 27.7 Å². The molecule has 0 aromatic carbocycles. The van der Waals surface area contributed by atoms with Gasteiger partial charge in [-0.25, -0.2) is 14.5 Å². The average molecular weight is 197 g/mol. The van der Waals surface area contributed by atoms with Gasteiger partial charge in [0.05, 0.1) is 6.10 Å². The van der Waals surface area contributed by atoms with Crippen LogP contribution in [0.5, 0.6) is 0 Å². The third-order valence-electron chi connectivity index (χ3n) is 1.56. The zero-order chi connectivity index (χ0) is 10.7. The van der Waals surface area contributed by atoms with Crippen LogP contribution >= 0.6 is 0 Å². The van der Waals surface area contributed by atoms with Crippen LogP contribution in [0.15, 0.2) is 6.33 Å². The minimum atomic E-state index is -0.473. The molecule has 1 heterocycles. The zero-order valence-corrected chi connectivity index (χ0v) is 8.89. The molecule has 1 aromatic rings. The first kappa shape index (κ1) is 10.7. The van der Waals surface area contributed by atoms with Crippen LogP contribution in [-0.4, -0.2) is 26.8 Å². The second-order valence-corrected chi connectivity index (χ2v) is 3.60. The van der Waals surface area contributed by atoms with Gasteiger partial charge in [-0.2, -0.15) is 0 Å². The summed E-state index contributed by atoms with van der Waals surface area (Å²) in [6.45, 7) is 7.51. The largest absolute Gasteiger partial charge is 0.457 e. The number of carbonyl (C=O) groups is 1. The number of hydrogen-bond donors (Lipinski definition) is 0. The Labute approximate surface area is 83.1 Å². The minimum Gasteiger partial charge on any atom is -0.457 e. The van der Waals surface area contributed by atoms with Crippen LogP contribution in [-0.2, 0) is 4.74 Å². The SMILES string of the molecule is CC(C)OC(=O)c1ncn(C(C)C)n1. The maximum absolute atomic E-state index is 11.3. The van der Waals surface area contributed by atoms with Crippen LogP contribution in [0.25, 0.3) is 0 Å². The van der Waals surface area contributed by atoms with Crippen molar-refractivity contribution < 1.29 is 9.53 Å². The third kappa shape index (κ3) is 2.55. The Morgan fingerprint density at radius 3 is 2.50 bits per heavy atom. The van der Waals surface area contributed by atoms with E-state index in [4.69, 9.17) is 4.74 Å². The molecule has 0 aliphatic carbocycles. The van der Waals surface area contributed by atoms with Gasteiger partial charge in [-0.1, -0.05) is 0 Å². The van der Waals surface area contributed by atoms with Crippen molar-refractivity contribution in [3.8, 4) is 0 Å². The summed E-state index contributed by atoms with van der Waals surface area (Å²) in [6.07, 6.45) is 1.38. The fraction of sp³-hybridized carbons (Fsp3) is 0.667. The summed E-state index contributed by atoms with van der Waals surface area (Å²) in [5, 5.41) is 3.99. The standard InChI is InChI=1S/C9H15N3O2/c1-6(2)12-5-10-8(11-12)9(13)14-7(3)4/h5-7H,1-4H3. The van der Waals surface area contributed by atoms with Crippen LogP contribution < -0.4 is 0 Å². The van der Waals surface area contributed by atoms with Crippen LogP contribution in [0, 0.1) is 0 Å². The summed E-state index contributed by atoms with van der Waals surface area (Å²) in [4.78, 5) is 15.2. The van der Waals surface area contributed by atoms with E-state index in [1.54, 1.807) is 18.5 Å².